The van der Waals surface area contributed by atoms with E-state index in [1.807, 2.05) is 18.2 Å². The Kier molecular flexibility index (Phi) is 2.97. The van der Waals surface area contributed by atoms with Crippen molar-refractivity contribution in [1.82, 2.24) is 0 Å². The van der Waals surface area contributed by atoms with Gasteiger partial charge in [0.2, 0.25) is 5.91 Å². The quantitative estimate of drug-likeness (QED) is 0.923. The largest absolute Gasteiger partial charge is 0.444 e. The van der Waals surface area contributed by atoms with E-state index in [0.29, 0.717) is 6.42 Å². The van der Waals surface area contributed by atoms with E-state index in [4.69, 9.17) is 10.5 Å². The molecule has 0 aliphatic carbocycles. The van der Waals surface area contributed by atoms with Crippen LogP contribution in [-0.4, -0.2) is 24.1 Å². The predicted octanol–water partition coefficient (Wildman–Crippen LogP) is 1.96. The van der Waals surface area contributed by atoms with Crippen molar-refractivity contribution in [2.45, 2.75) is 31.4 Å². The Morgan fingerprint density at radius 3 is 3.05 bits per heavy atom. The van der Waals surface area contributed by atoms with Crippen LogP contribution in [0.4, 0.5) is 10.5 Å². The van der Waals surface area contributed by atoms with Gasteiger partial charge in [-0.1, -0.05) is 15.9 Å². The number of nitrogens with two attached hydrogens (primary N) is 1. The van der Waals surface area contributed by atoms with Gasteiger partial charge in [0.1, 0.15) is 6.10 Å². The number of carbonyl (C=O) groups excluding carboxylic acids is 2. The topological polar surface area (TPSA) is 72.6 Å². The maximum atomic E-state index is 11.9. The Balaban J connectivity index is 1.84. The molecule has 6 heteroatoms. The number of benzene rings is 1. The Bertz CT molecular complexity index is 561. The fraction of sp³-hybridized carbons (Fsp3) is 0.385. The van der Waals surface area contributed by atoms with E-state index in [2.05, 4.69) is 15.9 Å². The lowest BCUT2D eigenvalue weighted by molar-refractivity contribution is -0.118. The Morgan fingerprint density at radius 2 is 2.32 bits per heavy atom. The Hall–Kier alpha value is -1.56. The van der Waals surface area contributed by atoms with E-state index >= 15 is 0 Å². The molecule has 3 rings (SSSR count). The Morgan fingerprint density at radius 1 is 1.53 bits per heavy atom. The number of halogens is 1. The van der Waals surface area contributed by atoms with Crippen molar-refractivity contribution in [2.24, 2.45) is 5.73 Å². The van der Waals surface area contributed by atoms with Gasteiger partial charge in [-0.05, 0) is 36.6 Å². The molecule has 1 aromatic carbocycles. The van der Waals surface area contributed by atoms with Crippen LogP contribution in [0.5, 0.6) is 0 Å². The molecule has 1 aromatic rings. The lowest BCUT2D eigenvalue weighted by Crippen LogP contribution is -2.33. The lowest BCUT2D eigenvalue weighted by atomic mass is 10.0. The van der Waals surface area contributed by atoms with E-state index in [1.165, 1.54) is 0 Å². The fourth-order valence-electron chi connectivity index (χ4n) is 2.78. The molecular formula is C13H13BrN2O3. The molecule has 2 unspecified atom stereocenters. The molecule has 2 heterocycles. The van der Waals surface area contributed by atoms with Crippen LogP contribution in [-0.2, 0) is 16.0 Å². The molecule has 2 aliphatic heterocycles. The zero-order chi connectivity index (χ0) is 13.6. The number of carbonyl (C=O) groups is 2. The van der Waals surface area contributed by atoms with Gasteiger partial charge in [0.15, 0.2) is 0 Å². The number of hydrogen-bond acceptors (Lipinski definition) is 3. The monoisotopic (exact) mass is 324 g/mol. The van der Waals surface area contributed by atoms with Crippen molar-refractivity contribution in [2.75, 3.05) is 4.90 Å². The van der Waals surface area contributed by atoms with Crippen LogP contribution in [0.3, 0.4) is 0 Å². The third kappa shape index (κ3) is 2.10. The summed E-state index contributed by atoms with van der Waals surface area (Å²) in [6.45, 7) is 0. The molecule has 0 saturated carbocycles. The second kappa shape index (κ2) is 4.52. The first kappa shape index (κ1) is 12.5. The molecule has 2 N–H and O–H groups in total. The predicted molar refractivity (Wildman–Crippen MR) is 72.8 cm³/mol. The second-order valence-corrected chi connectivity index (χ2v) is 5.76. The summed E-state index contributed by atoms with van der Waals surface area (Å²) in [5.41, 5.74) is 7.17. The minimum atomic E-state index is -0.368. The van der Waals surface area contributed by atoms with Crippen molar-refractivity contribution in [3.63, 3.8) is 0 Å². The summed E-state index contributed by atoms with van der Waals surface area (Å²) < 4.78 is 6.33. The number of amides is 2. The van der Waals surface area contributed by atoms with Crippen LogP contribution in [0.2, 0.25) is 0 Å². The van der Waals surface area contributed by atoms with Crippen LogP contribution in [0, 0.1) is 0 Å². The van der Waals surface area contributed by atoms with Gasteiger partial charge >= 0.3 is 6.09 Å². The molecule has 5 nitrogen and oxygen atoms in total. The summed E-state index contributed by atoms with van der Waals surface area (Å²) in [4.78, 5) is 24.5. The van der Waals surface area contributed by atoms with Gasteiger partial charge in [0.05, 0.1) is 11.7 Å². The minimum absolute atomic E-state index is 0.0175. The second-order valence-electron chi connectivity index (χ2n) is 4.84. The summed E-state index contributed by atoms with van der Waals surface area (Å²) in [7, 11) is 0. The van der Waals surface area contributed by atoms with Crippen LogP contribution >= 0.6 is 15.9 Å². The molecule has 1 fully saturated rings. The molecule has 19 heavy (non-hydrogen) atoms. The zero-order valence-corrected chi connectivity index (χ0v) is 11.7. The smallest absolute Gasteiger partial charge is 0.415 e. The molecule has 0 spiro atoms. The average molecular weight is 325 g/mol. The van der Waals surface area contributed by atoms with Gasteiger partial charge in [-0.25, -0.2) is 4.79 Å². The number of ether oxygens (including phenoxy) is 1. The molecule has 2 amide bonds. The van der Waals surface area contributed by atoms with Gasteiger partial charge in [0.25, 0.3) is 0 Å². The van der Waals surface area contributed by atoms with E-state index in [-0.39, 0.29) is 30.6 Å². The van der Waals surface area contributed by atoms with Gasteiger partial charge in [-0.3, -0.25) is 9.69 Å². The number of fused-ring (bicyclic) bond motifs is 3. The first-order chi connectivity index (χ1) is 9.06. The molecule has 2 aliphatic rings. The fourth-order valence-corrected chi connectivity index (χ4v) is 3.19. The molecule has 100 valence electrons. The van der Waals surface area contributed by atoms with Crippen LogP contribution in [0.25, 0.3) is 0 Å². The summed E-state index contributed by atoms with van der Waals surface area (Å²) >= 11 is 3.43. The van der Waals surface area contributed by atoms with Crippen molar-refractivity contribution >= 4 is 33.6 Å². The van der Waals surface area contributed by atoms with E-state index in [1.54, 1.807) is 4.90 Å². The van der Waals surface area contributed by atoms with Crippen molar-refractivity contribution in [3.05, 3.63) is 28.2 Å². The normalized spacial score (nSPS) is 24.1. The number of anilines is 1. The molecule has 0 bridgehead atoms. The van der Waals surface area contributed by atoms with Gasteiger partial charge < -0.3 is 10.5 Å². The first-order valence-corrected chi connectivity index (χ1v) is 6.92. The highest BCUT2D eigenvalue weighted by Gasteiger charge is 2.47. The van der Waals surface area contributed by atoms with Crippen molar-refractivity contribution in [3.8, 4) is 0 Å². The minimum Gasteiger partial charge on any atom is -0.444 e. The number of rotatable bonds is 3. The van der Waals surface area contributed by atoms with Crippen LogP contribution < -0.4 is 10.6 Å². The molecule has 1 saturated heterocycles. The summed E-state index contributed by atoms with van der Waals surface area (Å²) in [6.07, 6.45) is 0.885. The van der Waals surface area contributed by atoms with Gasteiger partial charge in [-0.2, -0.15) is 0 Å². The Labute approximate surface area is 118 Å². The molecular weight excluding hydrogens is 312 g/mol. The maximum absolute atomic E-state index is 11.9. The first-order valence-electron chi connectivity index (χ1n) is 6.13. The van der Waals surface area contributed by atoms with Crippen LogP contribution in [0.15, 0.2) is 22.7 Å². The third-order valence-electron chi connectivity index (χ3n) is 3.62. The summed E-state index contributed by atoms with van der Waals surface area (Å²) in [5, 5.41) is 0. The van der Waals surface area contributed by atoms with Gasteiger partial charge in [-0.15, -0.1) is 0 Å². The number of cyclic esters (lactones) is 1. The van der Waals surface area contributed by atoms with Gasteiger partial charge in [0, 0.05) is 10.9 Å². The van der Waals surface area contributed by atoms with E-state index in [0.717, 1.165) is 22.1 Å². The maximum Gasteiger partial charge on any atom is 0.415 e. The van der Waals surface area contributed by atoms with Crippen molar-refractivity contribution in [1.29, 1.82) is 0 Å². The summed E-state index contributed by atoms with van der Waals surface area (Å²) in [6, 6.07) is 5.82. The molecule has 0 radical (unpaired) electrons. The molecule has 0 aromatic heterocycles. The number of hydrogen-bond donors (Lipinski definition) is 1. The highest BCUT2D eigenvalue weighted by molar-refractivity contribution is 9.10. The summed E-state index contributed by atoms with van der Waals surface area (Å²) in [5.74, 6) is -0.368. The van der Waals surface area contributed by atoms with Crippen molar-refractivity contribution < 1.29 is 14.3 Å². The standard InChI is InChI=1S/C13H13BrN2O3/c14-8-1-2-9-7(5-8)6-10-11(3-4-12(15)17)19-13(18)16(9)10/h1-2,5,10-11H,3-4,6H2,(H2,15,17). The number of primary amides is 1. The zero-order valence-electron chi connectivity index (χ0n) is 10.1. The number of nitrogens with zero attached hydrogens (tertiary/aromatic N) is 1. The highest BCUT2D eigenvalue weighted by atomic mass is 79.9. The average Bonchev–Trinajstić information content (AvgIpc) is 2.84. The van der Waals surface area contributed by atoms with E-state index < -0.39 is 0 Å². The highest BCUT2D eigenvalue weighted by Crippen LogP contribution is 2.40. The van der Waals surface area contributed by atoms with E-state index in [9.17, 15) is 9.59 Å². The third-order valence-corrected chi connectivity index (χ3v) is 4.11. The van der Waals surface area contributed by atoms with Crippen LogP contribution in [0.1, 0.15) is 18.4 Å². The molecule has 2 atom stereocenters. The lowest BCUT2D eigenvalue weighted by Gasteiger charge is -2.15. The SMILES string of the molecule is NC(=O)CCC1OC(=O)N2c3ccc(Br)cc3CC12.